The highest BCUT2D eigenvalue weighted by Crippen LogP contribution is 2.43. The maximum Gasteiger partial charge on any atom is 0.319 e. The van der Waals surface area contributed by atoms with Crippen LogP contribution in [0.3, 0.4) is 0 Å². The van der Waals surface area contributed by atoms with Crippen molar-refractivity contribution in [3.05, 3.63) is 52.7 Å². The van der Waals surface area contributed by atoms with Gasteiger partial charge in [-0.3, -0.25) is 15.0 Å². The minimum Gasteiger partial charge on any atom is -0.461 e. The van der Waals surface area contributed by atoms with Crippen molar-refractivity contribution in [2.75, 3.05) is 37.7 Å². The molecule has 5 aromatic rings. The minimum atomic E-state index is -0.885. The Morgan fingerprint density at radius 3 is 2.96 bits per heavy atom. The molecule has 4 aromatic heterocycles. The molecule has 0 amide bonds. The summed E-state index contributed by atoms with van der Waals surface area (Å²) in [4.78, 5) is 23.5. The second kappa shape index (κ2) is 10.8. The molecule has 238 valence electrons. The van der Waals surface area contributed by atoms with E-state index in [4.69, 9.17) is 35.7 Å². The van der Waals surface area contributed by atoms with Gasteiger partial charge in [-0.05, 0) is 56.7 Å². The number of pyridine rings is 1. The number of aromatic amines is 1. The van der Waals surface area contributed by atoms with Crippen LogP contribution >= 0.6 is 11.6 Å². The average Bonchev–Trinajstić information content (AvgIpc) is 3.85. The topological polar surface area (TPSA) is 109 Å². The van der Waals surface area contributed by atoms with Gasteiger partial charge in [-0.25, -0.2) is 13.8 Å². The summed E-state index contributed by atoms with van der Waals surface area (Å²) in [6, 6.07) is 1.90. The molecule has 0 spiro atoms. The summed E-state index contributed by atoms with van der Waals surface area (Å²) in [7, 11) is 0. The van der Waals surface area contributed by atoms with E-state index < -0.39 is 17.5 Å². The monoisotopic (exact) mass is 646 g/mol. The van der Waals surface area contributed by atoms with Crippen molar-refractivity contribution in [2.45, 2.75) is 69.0 Å². The molecular formula is C33H33ClF2N8O2. The number of anilines is 1. The van der Waals surface area contributed by atoms with Gasteiger partial charge < -0.3 is 14.1 Å². The number of aryl methyl sites for hydroxylation is 1. The van der Waals surface area contributed by atoms with E-state index >= 15 is 4.39 Å². The van der Waals surface area contributed by atoms with Crippen LogP contribution in [0.5, 0.6) is 6.01 Å². The SMILES string of the molecule is Fc1c2ncc3c(nc(OC[C@@]45CCCN4C[C@H](F)C5)nc13)N1CCC[C@H](C1)c1coc(n1)CCCc1c(Cl)cc3[nH]ncc3c1-2. The third kappa shape index (κ3) is 4.55. The van der Waals surface area contributed by atoms with Crippen LogP contribution in [0.25, 0.3) is 33.1 Å². The first-order valence-corrected chi connectivity index (χ1v) is 16.6. The Morgan fingerprint density at radius 2 is 2.02 bits per heavy atom. The molecule has 5 aliphatic rings. The number of piperidine rings is 1. The molecule has 3 saturated heterocycles. The van der Waals surface area contributed by atoms with Crippen LogP contribution in [-0.4, -0.2) is 79.5 Å². The van der Waals surface area contributed by atoms with Crippen LogP contribution in [0.2, 0.25) is 5.02 Å². The van der Waals surface area contributed by atoms with E-state index in [1.54, 1.807) is 18.7 Å². The lowest BCUT2D eigenvalue weighted by Crippen LogP contribution is -2.43. The van der Waals surface area contributed by atoms with E-state index in [0.29, 0.717) is 72.0 Å². The molecule has 3 atom stereocenters. The van der Waals surface area contributed by atoms with Crippen LogP contribution in [0, 0.1) is 5.82 Å². The maximum absolute atomic E-state index is 17.0. The third-order valence-corrected chi connectivity index (χ3v) is 10.8. The second-order valence-electron chi connectivity index (χ2n) is 13.2. The zero-order chi connectivity index (χ0) is 31.0. The number of alkyl halides is 1. The van der Waals surface area contributed by atoms with Gasteiger partial charge in [0.15, 0.2) is 11.7 Å². The van der Waals surface area contributed by atoms with Gasteiger partial charge in [-0.1, -0.05) is 11.6 Å². The number of hydrogen-bond acceptors (Lipinski definition) is 9. The van der Waals surface area contributed by atoms with Gasteiger partial charge in [0.2, 0.25) is 0 Å². The fourth-order valence-electron chi connectivity index (χ4n) is 8.22. The first-order chi connectivity index (χ1) is 22.5. The van der Waals surface area contributed by atoms with Crippen molar-refractivity contribution in [1.82, 2.24) is 35.0 Å². The third-order valence-electron chi connectivity index (χ3n) is 10.4. The number of ether oxygens (including phenoxy) is 1. The molecule has 9 heterocycles. The summed E-state index contributed by atoms with van der Waals surface area (Å²) in [5.74, 6) is 0.796. The number of oxazole rings is 1. The van der Waals surface area contributed by atoms with Gasteiger partial charge in [0.1, 0.15) is 36.1 Å². The molecule has 3 fully saturated rings. The summed E-state index contributed by atoms with van der Waals surface area (Å²) < 4.78 is 43.8. The normalized spacial score (nSPS) is 24.7. The minimum absolute atomic E-state index is 0.0776. The quantitative estimate of drug-likeness (QED) is 0.246. The zero-order valence-electron chi connectivity index (χ0n) is 25.2. The van der Waals surface area contributed by atoms with Crippen molar-refractivity contribution in [3.8, 4) is 17.3 Å². The van der Waals surface area contributed by atoms with Crippen LogP contribution in [-0.2, 0) is 12.8 Å². The number of H-pyrrole nitrogens is 1. The first-order valence-electron chi connectivity index (χ1n) is 16.2. The summed E-state index contributed by atoms with van der Waals surface area (Å²) in [5.41, 5.74) is 2.83. The van der Waals surface area contributed by atoms with Crippen LogP contribution in [0.4, 0.5) is 14.6 Å². The summed E-state index contributed by atoms with van der Waals surface area (Å²) >= 11 is 6.86. The van der Waals surface area contributed by atoms with E-state index in [1.165, 1.54) is 0 Å². The Hall–Kier alpha value is -3.90. The highest BCUT2D eigenvalue weighted by atomic mass is 35.5. The molecule has 5 aliphatic heterocycles. The Bertz CT molecular complexity index is 1980. The van der Waals surface area contributed by atoms with Gasteiger partial charge in [-0.2, -0.15) is 15.1 Å². The van der Waals surface area contributed by atoms with E-state index in [9.17, 15) is 4.39 Å². The highest BCUT2D eigenvalue weighted by Gasteiger charge is 2.49. The highest BCUT2D eigenvalue weighted by molar-refractivity contribution is 6.33. The average molecular weight is 647 g/mol. The Labute approximate surface area is 268 Å². The number of hydrogen-bond donors (Lipinski definition) is 1. The van der Waals surface area contributed by atoms with Crippen LogP contribution in [0.15, 0.2) is 29.1 Å². The maximum atomic E-state index is 17.0. The summed E-state index contributed by atoms with van der Waals surface area (Å²) in [5, 5.41) is 8.91. The van der Waals surface area contributed by atoms with Gasteiger partial charge in [-0.15, -0.1) is 0 Å². The Kier molecular flexibility index (Phi) is 6.67. The molecule has 1 N–H and O–H groups in total. The molecule has 1 aromatic carbocycles. The van der Waals surface area contributed by atoms with Crippen molar-refractivity contribution in [1.29, 1.82) is 0 Å². The van der Waals surface area contributed by atoms with Crippen molar-refractivity contribution in [2.24, 2.45) is 0 Å². The smallest absolute Gasteiger partial charge is 0.319 e. The Balaban J connectivity index is 1.23. The molecular weight excluding hydrogens is 614 g/mol. The van der Waals surface area contributed by atoms with Gasteiger partial charge >= 0.3 is 6.01 Å². The standard InChI is InChI=1S/C33H33ClF2N8O2/c34-23-10-24-21(13-38-42-24)27-20(23)5-1-6-26-39-25(16-45-26)18-4-2-8-43(14-18)31-22-12-37-30(27)28(36)29(22)40-32(41-31)46-17-33-7-3-9-44(33)15-19(35)11-33/h10,12-13,16,18-19H,1-9,11,14-15,17H2,(H,38,42)/t18-,19-,33+/m1/s1. The predicted octanol–water partition coefficient (Wildman–Crippen LogP) is 6.18. The predicted molar refractivity (Wildman–Crippen MR) is 169 cm³/mol. The molecule has 0 unspecified atom stereocenters. The number of rotatable bonds is 3. The van der Waals surface area contributed by atoms with Crippen LogP contribution < -0.4 is 9.64 Å². The number of fused-ring (bicyclic) bond motifs is 5. The molecule has 0 aliphatic carbocycles. The Morgan fingerprint density at radius 1 is 1.09 bits per heavy atom. The van der Waals surface area contributed by atoms with Gasteiger partial charge in [0, 0.05) is 60.6 Å². The number of aromatic nitrogens is 6. The summed E-state index contributed by atoms with van der Waals surface area (Å²) in [6.45, 7) is 2.87. The van der Waals surface area contributed by atoms with E-state index in [2.05, 4.69) is 25.0 Å². The summed E-state index contributed by atoms with van der Waals surface area (Å²) in [6.07, 6.45) is 10.2. The number of nitrogens with zero attached hydrogens (tertiary/aromatic N) is 7. The lowest BCUT2D eigenvalue weighted by Gasteiger charge is -2.34. The zero-order valence-corrected chi connectivity index (χ0v) is 26.0. The number of halogens is 3. The van der Waals surface area contributed by atoms with Crippen molar-refractivity contribution < 1.29 is 17.9 Å². The molecule has 46 heavy (non-hydrogen) atoms. The van der Waals surface area contributed by atoms with E-state index in [-0.39, 0.29) is 29.7 Å². The van der Waals surface area contributed by atoms with Crippen LogP contribution in [0.1, 0.15) is 61.6 Å². The molecule has 10 rings (SSSR count). The number of benzene rings is 1. The molecule has 13 heteroatoms. The fourth-order valence-corrected chi connectivity index (χ4v) is 8.52. The molecule has 0 radical (unpaired) electrons. The van der Waals surface area contributed by atoms with Crippen molar-refractivity contribution >= 4 is 39.2 Å². The molecule has 10 nitrogen and oxygen atoms in total. The van der Waals surface area contributed by atoms with Gasteiger partial charge in [0.25, 0.3) is 0 Å². The van der Waals surface area contributed by atoms with Crippen molar-refractivity contribution in [3.63, 3.8) is 0 Å². The van der Waals surface area contributed by atoms with E-state index in [1.807, 2.05) is 6.07 Å². The lowest BCUT2D eigenvalue weighted by atomic mass is 9.94. The largest absolute Gasteiger partial charge is 0.461 e. The molecule has 8 bridgehead atoms. The molecule has 0 saturated carbocycles. The van der Waals surface area contributed by atoms with E-state index in [0.717, 1.165) is 55.4 Å². The first kappa shape index (κ1) is 28.3. The lowest BCUT2D eigenvalue weighted by molar-refractivity contribution is 0.107. The number of nitrogens with one attached hydrogen (secondary N) is 1. The van der Waals surface area contributed by atoms with Gasteiger partial charge in [0.05, 0.1) is 28.3 Å². The second-order valence-corrected chi connectivity index (χ2v) is 13.6. The fraction of sp³-hybridized carbons (Fsp3) is 0.485.